The van der Waals surface area contributed by atoms with E-state index in [9.17, 15) is 14.7 Å². The fourth-order valence-electron chi connectivity index (χ4n) is 1.62. The van der Waals surface area contributed by atoms with Gasteiger partial charge in [-0.2, -0.15) is 0 Å². The molecule has 2 N–H and O–H groups in total. The summed E-state index contributed by atoms with van der Waals surface area (Å²) in [4.78, 5) is 23.8. The van der Waals surface area contributed by atoms with Crippen LogP contribution in [0.3, 0.4) is 0 Å². The highest BCUT2D eigenvalue weighted by atomic mass is 16.7. The SMILES string of the molecule is C=C(C)C(=O)OC(CCCCO)(OC(=O)C(=C)C)C(C)(C)O. The molecule has 0 aliphatic rings. The first kappa shape index (κ1) is 20.3. The summed E-state index contributed by atoms with van der Waals surface area (Å²) in [5.74, 6) is -3.44. The smallest absolute Gasteiger partial charge is 0.336 e. The van der Waals surface area contributed by atoms with Crippen molar-refractivity contribution in [1.82, 2.24) is 0 Å². The zero-order valence-electron chi connectivity index (χ0n) is 13.8. The van der Waals surface area contributed by atoms with Gasteiger partial charge in [0.2, 0.25) is 0 Å². The minimum atomic E-state index is -1.88. The summed E-state index contributed by atoms with van der Waals surface area (Å²) in [6.45, 7) is 12.5. The molecule has 0 heterocycles. The number of carbonyl (C=O) groups is 2. The van der Waals surface area contributed by atoms with E-state index in [1.165, 1.54) is 27.7 Å². The van der Waals surface area contributed by atoms with E-state index in [4.69, 9.17) is 14.6 Å². The van der Waals surface area contributed by atoms with E-state index in [0.717, 1.165) is 0 Å². The van der Waals surface area contributed by atoms with E-state index < -0.39 is 23.3 Å². The minimum Gasteiger partial charge on any atom is -0.416 e. The van der Waals surface area contributed by atoms with Crippen molar-refractivity contribution in [2.75, 3.05) is 6.61 Å². The molecule has 22 heavy (non-hydrogen) atoms. The molecule has 0 spiro atoms. The molecule has 0 rings (SSSR count). The Bertz CT molecular complexity index is 416. The van der Waals surface area contributed by atoms with Crippen LogP contribution in [-0.2, 0) is 19.1 Å². The molecule has 0 saturated carbocycles. The number of esters is 2. The summed E-state index contributed by atoms with van der Waals surface area (Å²) < 4.78 is 10.6. The maximum absolute atomic E-state index is 11.9. The Morgan fingerprint density at radius 3 is 1.68 bits per heavy atom. The highest BCUT2D eigenvalue weighted by Crippen LogP contribution is 2.34. The maximum atomic E-state index is 11.9. The summed E-state index contributed by atoms with van der Waals surface area (Å²) >= 11 is 0. The number of rotatable bonds is 9. The van der Waals surface area contributed by atoms with Crippen LogP contribution in [0.5, 0.6) is 0 Å². The van der Waals surface area contributed by atoms with Crippen LogP contribution in [0, 0.1) is 0 Å². The number of aliphatic hydroxyl groups excluding tert-OH is 1. The first-order chi connectivity index (χ1) is 9.97. The molecule has 0 aliphatic carbocycles. The molecular formula is C16H26O6. The zero-order valence-corrected chi connectivity index (χ0v) is 13.8. The van der Waals surface area contributed by atoms with Gasteiger partial charge >= 0.3 is 11.9 Å². The van der Waals surface area contributed by atoms with E-state index in [2.05, 4.69) is 13.2 Å². The molecule has 0 atom stereocenters. The van der Waals surface area contributed by atoms with Crippen LogP contribution in [0.4, 0.5) is 0 Å². The first-order valence-corrected chi connectivity index (χ1v) is 7.08. The van der Waals surface area contributed by atoms with Crippen molar-refractivity contribution < 1.29 is 29.3 Å². The second-order valence-corrected chi connectivity index (χ2v) is 5.83. The Balaban J connectivity index is 5.60. The predicted molar refractivity (Wildman–Crippen MR) is 81.8 cm³/mol. The van der Waals surface area contributed by atoms with E-state index >= 15 is 0 Å². The quantitative estimate of drug-likeness (QED) is 0.292. The fraction of sp³-hybridized carbons (Fsp3) is 0.625. The summed E-state index contributed by atoms with van der Waals surface area (Å²) in [6.07, 6.45) is 0.829. The highest BCUT2D eigenvalue weighted by Gasteiger charge is 2.51. The first-order valence-electron chi connectivity index (χ1n) is 7.08. The van der Waals surface area contributed by atoms with Gasteiger partial charge < -0.3 is 19.7 Å². The van der Waals surface area contributed by atoms with Gasteiger partial charge in [-0.05, 0) is 40.5 Å². The summed E-state index contributed by atoms with van der Waals surface area (Å²) in [5, 5.41) is 19.3. The van der Waals surface area contributed by atoms with Gasteiger partial charge in [-0.25, -0.2) is 9.59 Å². The minimum absolute atomic E-state index is 0.0368. The summed E-state index contributed by atoms with van der Waals surface area (Å²) in [7, 11) is 0. The molecule has 0 fully saturated rings. The lowest BCUT2D eigenvalue weighted by Crippen LogP contribution is -2.56. The van der Waals surface area contributed by atoms with E-state index in [1.807, 2.05) is 0 Å². The van der Waals surface area contributed by atoms with E-state index in [1.54, 1.807) is 0 Å². The molecule has 0 unspecified atom stereocenters. The molecule has 0 aromatic heterocycles. The molecule has 0 aliphatic heterocycles. The Labute approximate surface area is 131 Å². The van der Waals surface area contributed by atoms with Gasteiger partial charge in [0.15, 0.2) is 0 Å². The van der Waals surface area contributed by atoms with Crippen LogP contribution >= 0.6 is 0 Å². The monoisotopic (exact) mass is 314 g/mol. The van der Waals surface area contributed by atoms with Crippen LogP contribution in [0.15, 0.2) is 24.3 Å². The van der Waals surface area contributed by atoms with Crippen molar-refractivity contribution in [3.8, 4) is 0 Å². The number of carbonyl (C=O) groups excluding carboxylic acids is 2. The maximum Gasteiger partial charge on any atom is 0.336 e. The molecule has 6 nitrogen and oxygen atoms in total. The van der Waals surface area contributed by atoms with Crippen molar-refractivity contribution in [1.29, 1.82) is 0 Å². The van der Waals surface area contributed by atoms with Crippen molar-refractivity contribution in [2.45, 2.75) is 58.3 Å². The number of unbranched alkanes of at least 4 members (excludes halogenated alkanes) is 1. The van der Waals surface area contributed by atoms with Crippen molar-refractivity contribution in [3.05, 3.63) is 24.3 Å². The molecular weight excluding hydrogens is 288 g/mol. The average Bonchev–Trinajstić information content (AvgIpc) is 2.36. The average molecular weight is 314 g/mol. The third kappa shape index (κ3) is 5.61. The van der Waals surface area contributed by atoms with Gasteiger partial charge in [-0.3, -0.25) is 0 Å². The van der Waals surface area contributed by atoms with Gasteiger partial charge in [-0.15, -0.1) is 0 Å². The standard InChI is InChI=1S/C16H26O6/c1-11(2)13(18)21-16(15(5,6)20,9-7-8-10-17)22-14(19)12(3)4/h17,20H,1,3,7-10H2,2,4-6H3. The predicted octanol–water partition coefficient (Wildman–Crippen LogP) is 1.85. The van der Waals surface area contributed by atoms with Crippen LogP contribution in [0.2, 0.25) is 0 Å². The second kappa shape index (κ2) is 8.10. The van der Waals surface area contributed by atoms with Gasteiger partial charge in [0.25, 0.3) is 5.79 Å². The van der Waals surface area contributed by atoms with Crippen LogP contribution in [0.1, 0.15) is 47.0 Å². The fourth-order valence-corrected chi connectivity index (χ4v) is 1.62. The normalized spacial score (nSPS) is 11.7. The Kier molecular flexibility index (Phi) is 7.49. The van der Waals surface area contributed by atoms with Crippen LogP contribution in [0.25, 0.3) is 0 Å². The van der Waals surface area contributed by atoms with Gasteiger partial charge in [0, 0.05) is 24.2 Å². The Morgan fingerprint density at radius 1 is 1.00 bits per heavy atom. The third-order valence-corrected chi connectivity index (χ3v) is 3.06. The lowest BCUT2D eigenvalue weighted by molar-refractivity contribution is -0.285. The molecule has 6 heteroatoms. The van der Waals surface area contributed by atoms with Gasteiger partial charge in [0.05, 0.1) is 0 Å². The zero-order chi connectivity index (χ0) is 17.6. The van der Waals surface area contributed by atoms with Crippen LogP contribution < -0.4 is 0 Å². The Morgan fingerprint density at radius 2 is 1.41 bits per heavy atom. The largest absolute Gasteiger partial charge is 0.416 e. The van der Waals surface area contributed by atoms with E-state index in [0.29, 0.717) is 12.8 Å². The molecule has 126 valence electrons. The molecule has 0 aromatic carbocycles. The number of hydrogen-bond donors (Lipinski definition) is 2. The number of aliphatic hydroxyl groups is 2. The summed E-state index contributed by atoms with van der Waals surface area (Å²) in [6, 6.07) is 0. The van der Waals surface area contributed by atoms with Crippen LogP contribution in [-0.4, -0.2) is 40.1 Å². The van der Waals surface area contributed by atoms with Crippen molar-refractivity contribution >= 4 is 11.9 Å². The molecule has 0 saturated heterocycles. The van der Waals surface area contributed by atoms with Gasteiger partial charge in [0.1, 0.15) is 5.60 Å². The lowest BCUT2D eigenvalue weighted by atomic mass is 9.91. The lowest BCUT2D eigenvalue weighted by Gasteiger charge is -2.41. The Hall–Kier alpha value is -1.66. The molecule has 0 aromatic rings. The van der Waals surface area contributed by atoms with Crippen molar-refractivity contribution in [2.24, 2.45) is 0 Å². The van der Waals surface area contributed by atoms with E-state index in [-0.39, 0.29) is 24.2 Å². The number of hydrogen-bond acceptors (Lipinski definition) is 6. The summed E-state index contributed by atoms with van der Waals surface area (Å²) in [5.41, 5.74) is -1.43. The second-order valence-electron chi connectivity index (χ2n) is 5.83. The third-order valence-electron chi connectivity index (χ3n) is 3.06. The molecule has 0 bridgehead atoms. The van der Waals surface area contributed by atoms with Gasteiger partial charge in [-0.1, -0.05) is 13.2 Å². The highest BCUT2D eigenvalue weighted by molar-refractivity contribution is 5.89. The number of ether oxygens (including phenoxy) is 2. The topological polar surface area (TPSA) is 93.1 Å². The van der Waals surface area contributed by atoms with Crippen molar-refractivity contribution in [3.63, 3.8) is 0 Å². The molecule has 0 amide bonds. The molecule has 0 radical (unpaired) electrons.